The van der Waals surface area contributed by atoms with Crippen molar-refractivity contribution >= 4 is 11.3 Å². The Balaban J connectivity index is 2.54. The molecule has 0 saturated carbocycles. The summed E-state index contributed by atoms with van der Waals surface area (Å²) in [6.45, 7) is 4.19. The first-order valence-electron chi connectivity index (χ1n) is 4.84. The van der Waals surface area contributed by atoms with Gasteiger partial charge in [0.05, 0.1) is 0 Å². The van der Waals surface area contributed by atoms with E-state index in [0.29, 0.717) is 0 Å². The van der Waals surface area contributed by atoms with Gasteiger partial charge in [-0.1, -0.05) is 12.0 Å². The second-order valence-corrected chi connectivity index (χ2v) is 4.93. The molecule has 2 rings (SSSR count). The van der Waals surface area contributed by atoms with Gasteiger partial charge in [0.15, 0.2) is 0 Å². The zero-order chi connectivity index (χ0) is 10.8. The summed E-state index contributed by atoms with van der Waals surface area (Å²) in [7, 11) is 0. The third kappa shape index (κ3) is 2.11. The Morgan fingerprint density at radius 1 is 1.13 bits per heavy atom. The van der Waals surface area contributed by atoms with Gasteiger partial charge < -0.3 is 0 Å². The first kappa shape index (κ1) is 10.0. The Hall–Kier alpha value is -1.52. The van der Waals surface area contributed by atoms with Crippen LogP contribution in [0.4, 0.5) is 0 Å². The van der Waals surface area contributed by atoms with Crippen molar-refractivity contribution in [3.05, 3.63) is 46.3 Å². The molecule has 0 amide bonds. The highest BCUT2D eigenvalue weighted by molar-refractivity contribution is 7.15. The van der Waals surface area contributed by atoms with Crippen molar-refractivity contribution in [1.82, 2.24) is 0 Å². The Bertz CT molecular complexity index is 527. The van der Waals surface area contributed by atoms with E-state index in [0.717, 1.165) is 5.56 Å². The quantitative estimate of drug-likeness (QED) is 0.626. The van der Waals surface area contributed by atoms with Crippen LogP contribution in [-0.2, 0) is 0 Å². The fourth-order valence-corrected chi connectivity index (χ4v) is 2.45. The van der Waals surface area contributed by atoms with Crippen LogP contribution in [-0.4, -0.2) is 0 Å². The van der Waals surface area contributed by atoms with Crippen molar-refractivity contribution in [2.24, 2.45) is 0 Å². The fourth-order valence-electron chi connectivity index (χ4n) is 1.60. The Morgan fingerprint density at radius 2 is 1.93 bits per heavy atom. The zero-order valence-electron chi connectivity index (χ0n) is 8.87. The highest BCUT2D eigenvalue weighted by Crippen LogP contribution is 2.28. The first-order chi connectivity index (χ1) is 7.19. The van der Waals surface area contributed by atoms with Gasteiger partial charge in [0.1, 0.15) is 0 Å². The van der Waals surface area contributed by atoms with Gasteiger partial charge in [-0.15, -0.1) is 17.8 Å². The number of hydrogen-bond donors (Lipinski definition) is 0. The zero-order valence-corrected chi connectivity index (χ0v) is 9.69. The fraction of sp³-hybridized carbons (Fsp3) is 0.143. The molecule has 1 heteroatoms. The minimum Gasteiger partial charge on any atom is -0.141 e. The van der Waals surface area contributed by atoms with Gasteiger partial charge in [0.2, 0.25) is 0 Å². The molecular weight excluding hydrogens is 200 g/mol. The molecule has 1 aromatic heterocycles. The van der Waals surface area contributed by atoms with Crippen LogP contribution in [0.25, 0.3) is 10.4 Å². The number of hydrogen-bond acceptors (Lipinski definition) is 1. The molecule has 0 nitrogen and oxygen atoms in total. The van der Waals surface area contributed by atoms with Crippen LogP contribution in [0.5, 0.6) is 0 Å². The molecule has 0 bridgehead atoms. The monoisotopic (exact) mass is 212 g/mol. The topological polar surface area (TPSA) is 0 Å². The van der Waals surface area contributed by atoms with Crippen LogP contribution in [0.1, 0.15) is 16.0 Å². The molecule has 0 spiro atoms. The summed E-state index contributed by atoms with van der Waals surface area (Å²) in [6.07, 6.45) is 5.42. The Labute approximate surface area is 94.6 Å². The molecule has 1 aromatic carbocycles. The summed E-state index contributed by atoms with van der Waals surface area (Å²) >= 11 is 1.80. The second kappa shape index (κ2) is 3.92. The minimum absolute atomic E-state index is 0.955. The summed E-state index contributed by atoms with van der Waals surface area (Å²) in [5, 5.41) is 0. The molecule has 0 fully saturated rings. The van der Waals surface area contributed by atoms with Crippen LogP contribution in [0.2, 0.25) is 0 Å². The maximum Gasteiger partial charge on any atom is 0.0346 e. The van der Waals surface area contributed by atoms with Gasteiger partial charge >= 0.3 is 0 Å². The predicted octanol–water partition coefficient (Wildman–Crippen LogP) is 4.01. The highest BCUT2D eigenvalue weighted by atomic mass is 32.1. The molecule has 2 aromatic rings. The number of thiophene rings is 1. The maximum atomic E-state index is 5.42. The van der Waals surface area contributed by atoms with E-state index in [-0.39, 0.29) is 0 Å². The lowest BCUT2D eigenvalue weighted by Crippen LogP contribution is -1.80. The molecule has 15 heavy (non-hydrogen) atoms. The van der Waals surface area contributed by atoms with Crippen molar-refractivity contribution in [1.29, 1.82) is 0 Å². The average molecular weight is 212 g/mol. The van der Waals surface area contributed by atoms with E-state index in [1.165, 1.54) is 20.9 Å². The van der Waals surface area contributed by atoms with Crippen molar-refractivity contribution in [2.75, 3.05) is 0 Å². The number of aryl methyl sites for hydroxylation is 2. The van der Waals surface area contributed by atoms with E-state index in [2.05, 4.69) is 44.0 Å². The van der Waals surface area contributed by atoms with Crippen molar-refractivity contribution in [3.63, 3.8) is 0 Å². The van der Waals surface area contributed by atoms with Gasteiger partial charge in [0, 0.05) is 15.3 Å². The lowest BCUT2D eigenvalue weighted by Gasteiger charge is -2.01. The lowest BCUT2D eigenvalue weighted by atomic mass is 10.1. The third-order valence-electron chi connectivity index (χ3n) is 2.27. The van der Waals surface area contributed by atoms with Crippen molar-refractivity contribution in [2.45, 2.75) is 13.8 Å². The lowest BCUT2D eigenvalue weighted by molar-refractivity contribution is 1.46. The molecule has 0 aliphatic carbocycles. The van der Waals surface area contributed by atoms with Gasteiger partial charge in [-0.25, -0.2) is 0 Å². The number of rotatable bonds is 1. The van der Waals surface area contributed by atoms with E-state index in [1.54, 1.807) is 11.3 Å². The van der Waals surface area contributed by atoms with E-state index >= 15 is 0 Å². The molecule has 0 N–H and O–H groups in total. The van der Waals surface area contributed by atoms with E-state index in [4.69, 9.17) is 6.42 Å². The Morgan fingerprint density at radius 3 is 2.53 bits per heavy atom. The molecule has 0 atom stereocenters. The summed E-state index contributed by atoms with van der Waals surface area (Å²) in [5.41, 5.74) is 3.39. The van der Waals surface area contributed by atoms with E-state index < -0.39 is 0 Å². The smallest absolute Gasteiger partial charge is 0.0346 e. The SMILES string of the molecule is C#Cc1cc(C)cc(-c2ccc(C)s2)c1. The number of terminal acetylenes is 1. The van der Waals surface area contributed by atoms with Gasteiger partial charge in [-0.3, -0.25) is 0 Å². The standard InChI is InChI=1S/C14H12S/c1-4-12-7-10(2)8-13(9-12)14-6-5-11(3)15-14/h1,5-9H,2-3H3. The highest BCUT2D eigenvalue weighted by Gasteiger charge is 2.02. The van der Waals surface area contributed by atoms with Crippen molar-refractivity contribution in [3.8, 4) is 22.8 Å². The molecule has 0 unspecified atom stereocenters. The Kier molecular flexibility index (Phi) is 2.62. The molecule has 1 heterocycles. The van der Waals surface area contributed by atoms with Gasteiger partial charge in [-0.2, -0.15) is 0 Å². The normalized spacial score (nSPS) is 9.93. The second-order valence-electron chi connectivity index (χ2n) is 3.64. The molecular formula is C14H12S. The van der Waals surface area contributed by atoms with Gasteiger partial charge in [0.25, 0.3) is 0 Å². The summed E-state index contributed by atoms with van der Waals surface area (Å²) in [4.78, 5) is 2.61. The van der Waals surface area contributed by atoms with E-state index in [1.807, 2.05) is 6.07 Å². The first-order valence-corrected chi connectivity index (χ1v) is 5.66. The van der Waals surface area contributed by atoms with Crippen LogP contribution in [0, 0.1) is 26.2 Å². The molecule has 0 aliphatic rings. The molecule has 0 aliphatic heterocycles. The average Bonchev–Trinajstić information content (AvgIpc) is 2.64. The van der Waals surface area contributed by atoms with Gasteiger partial charge in [-0.05, 0) is 49.2 Å². The van der Waals surface area contributed by atoms with Crippen LogP contribution < -0.4 is 0 Å². The summed E-state index contributed by atoms with van der Waals surface area (Å²) in [6, 6.07) is 10.6. The maximum absolute atomic E-state index is 5.42. The summed E-state index contributed by atoms with van der Waals surface area (Å²) < 4.78 is 0. The van der Waals surface area contributed by atoms with Crippen LogP contribution in [0.15, 0.2) is 30.3 Å². The molecule has 0 saturated heterocycles. The van der Waals surface area contributed by atoms with Crippen LogP contribution >= 0.6 is 11.3 Å². The van der Waals surface area contributed by atoms with E-state index in [9.17, 15) is 0 Å². The van der Waals surface area contributed by atoms with Crippen molar-refractivity contribution < 1.29 is 0 Å². The predicted molar refractivity (Wildman–Crippen MR) is 67.2 cm³/mol. The molecule has 74 valence electrons. The molecule has 0 radical (unpaired) electrons. The van der Waals surface area contributed by atoms with Crippen LogP contribution in [0.3, 0.4) is 0 Å². The number of benzene rings is 1. The minimum atomic E-state index is 0.955. The largest absolute Gasteiger partial charge is 0.141 e. The third-order valence-corrected chi connectivity index (χ3v) is 3.32. The summed E-state index contributed by atoms with van der Waals surface area (Å²) in [5.74, 6) is 2.69.